The van der Waals surface area contributed by atoms with Crippen LogP contribution in [0.25, 0.3) is 0 Å². The number of hydrogen-bond donors (Lipinski definition) is 1. The number of carbonyl (C=O) groups excluding carboxylic acids is 4. The van der Waals surface area contributed by atoms with Crippen LogP contribution in [0.3, 0.4) is 0 Å². The summed E-state index contributed by atoms with van der Waals surface area (Å²) in [5.74, 6) is -0.474. The van der Waals surface area contributed by atoms with Gasteiger partial charge in [-0.2, -0.15) is 0 Å². The molecule has 0 saturated carbocycles. The standard InChI is InChI=1S/C24H26N2O7/c1-31-19-10-9-16(14-20(19)32-2)11-12-25-21(27)15-33-22(28)8-5-13-26-23(29)17-6-3-4-7-18(17)24(26)30/h3-4,6-7,9-10,14H,5,8,11-13,15H2,1-2H3,(H,25,27). The van der Waals surface area contributed by atoms with Crippen LogP contribution < -0.4 is 14.8 Å². The molecule has 1 heterocycles. The van der Waals surface area contributed by atoms with E-state index in [2.05, 4.69) is 5.32 Å². The van der Waals surface area contributed by atoms with E-state index in [1.54, 1.807) is 44.6 Å². The van der Waals surface area contributed by atoms with E-state index in [-0.39, 0.29) is 31.2 Å². The minimum Gasteiger partial charge on any atom is -0.493 e. The normalized spacial score (nSPS) is 12.4. The number of fused-ring (bicyclic) bond motifs is 1. The molecular formula is C24H26N2O7. The molecule has 1 N–H and O–H groups in total. The van der Waals surface area contributed by atoms with E-state index in [0.29, 0.717) is 35.6 Å². The van der Waals surface area contributed by atoms with E-state index in [4.69, 9.17) is 14.2 Å². The molecule has 0 atom stereocenters. The Labute approximate surface area is 191 Å². The van der Waals surface area contributed by atoms with Gasteiger partial charge in [0, 0.05) is 19.5 Å². The van der Waals surface area contributed by atoms with Crippen molar-refractivity contribution >= 4 is 23.7 Å². The molecule has 0 aromatic heterocycles. The van der Waals surface area contributed by atoms with Crippen LogP contribution in [0.4, 0.5) is 0 Å². The van der Waals surface area contributed by atoms with Gasteiger partial charge >= 0.3 is 5.97 Å². The number of hydrogen-bond acceptors (Lipinski definition) is 7. The van der Waals surface area contributed by atoms with Crippen molar-refractivity contribution in [2.75, 3.05) is 33.9 Å². The van der Waals surface area contributed by atoms with Crippen molar-refractivity contribution < 1.29 is 33.4 Å². The molecule has 1 aliphatic heterocycles. The summed E-state index contributed by atoms with van der Waals surface area (Å²) >= 11 is 0. The number of nitrogens with zero attached hydrogens (tertiary/aromatic N) is 1. The maximum Gasteiger partial charge on any atom is 0.306 e. The second-order valence-electron chi connectivity index (χ2n) is 7.36. The van der Waals surface area contributed by atoms with E-state index in [9.17, 15) is 19.2 Å². The molecule has 0 saturated heterocycles. The van der Waals surface area contributed by atoms with Crippen molar-refractivity contribution in [2.24, 2.45) is 0 Å². The molecule has 174 valence electrons. The first-order chi connectivity index (χ1) is 15.9. The van der Waals surface area contributed by atoms with Crippen molar-refractivity contribution in [3.8, 4) is 11.5 Å². The SMILES string of the molecule is COc1ccc(CCNC(=O)COC(=O)CCCN2C(=O)c3ccccc3C2=O)cc1OC. The fourth-order valence-electron chi connectivity index (χ4n) is 3.48. The molecule has 1 aliphatic rings. The summed E-state index contributed by atoms with van der Waals surface area (Å²) in [6.07, 6.45) is 0.817. The molecule has 0 aliphatic carbocycles. The Balaban J connectivity index is 1.33. The predicted molar refractivity (Wildman–Crippen MR) is 118 cm³/mol. The number of amides is 3. The quantitative estimate of drug-likeness (QED) is 0.408. The van der Waals surface area contributed by atoms with E-state index in [0.717, 1.165) is 10.5 Å². The van der Waals surface area contributed by atoms with Crippen LogP contribution in [0.5, 0.6) is 11.5 Å². The number of ether oxygens (including phenoxy) is 3. The third-order valence-corrected chi connectivity index (χ3v) is 5.19. The van der Waals surface area contributed by atoms with Crippen molar-refractivity contribution in [3.63, 3.8) is 0 Å². The van der Waals surface area contributed by atoms with Crippen LogP contribution >= 0.6 is 0 Å². The summed E-state index contributed by atoms with van der Waals surface area (Å²) in [6, 6.07) is 12.1. The zero-order valence-corrected chi connectivity index (χ0v) is 18.6. The Hall–Kier alpha value is -3.88. The Kier molecular flexibility index (Phi) is 8.01. The molecule has 2 aromatic carbocycles. The van der Waals surface area contributed by atoms with Crippen molar-refractivity contribution in [1.82, 2.24) is 10.2 Å². The van der Waals surface area contributed by atoms with Gasteiger partial charge in [0.15, 0.2) is 18.1 Å². The van der Waals surface area contributed by atoms with Gasteiger partial charge in [-0.15, -0.1) is 0 Å². The highest BCUT2D eigenvalue weighted by Crippen LogP contribution is 2.27. The number of rotatable bonds is 11. The van der Waals surface area contributed by atoms with Crippen LogP contribution in [0.1, 0.15) is 39.1 Å². The lowest BCUT2D eigenvalue weighted by Gasteiger charge is -2.13. The van der Waals surface area contributed by atoms with Gasteiger partial charge in [0.25, 0.3) is 17.7 Å². The molecule has 0 spiro atoms. The molecular weight excluding hydrogens is 428 g/mol. The molecule has 9 nitrogen and oxygen atoms in total. The molecule has 3 rings (SSSR count). The van der Waals surface area contributed by atoms with Crippen LogP contribution in [-0.2, 0) is 20.7 Å². The number of esters is 1. The monoisotopic (exact) mass is 454 g/mol. The van der Waals surface area contributed by atoms with Crippen LogP contribution in [-0.4, -0.2) is 62.5 Å². The summed E-state index contributed by atoms with van der Waals surface area (Å²) in [5, 5.41) is 2.69. The van der Waals surface area contributed by atoms with Crippen molar-refractivity contribution in [3.05, 3.63) is 59.2 Å². The molecule has 3 amide bonds. The van der Waals surface area contributed by atoms with Gasteiger partial charge in [-0.1, -0.05) is 18.2 Å². The summed E-state index contributed by atoms with van der Waals surface area (Å²) in [5.41, 5.74) is 1.70. The highest BCUT2D eigenvalue weighted by Gasteiger charge is 2.34. The minimum absolute atomic E-state index is 0.00761. The Bertz CT molecular complexity index is 1020. The van der Waals surface area contributed by atoms with Gasteiger partial charge < -0.3 is 19.5 Å². The zero-order chi connectivity index (χ0) is 23.8. The third-order valence-electron chi connectivity index (χ3n) is 5.19. The average molecular weight is 454 g/mol. The lowest BCUT2D eigenvalue weighted by atomic mass is 10.1. The summed E-state index contributed by atoms with van der Waals surface area (Å²) < 4.78 is 15.4. The number of nitrogens with one attached hydrogen (secondary N) is 1. The largest absolute Gasteiger partial charge is 0.493 e. The summed E-state index contributed by atoms with van der Waals surface area (Å²) in [6.45, 7) is 0.0857. The summed E-state index contributed by atoms with van der Waals surface area (Å²) in [4.78, 5) is 49.5. The third kappa shape index (κ3) is 5.88. The van der Waals surface area contributed by atoms with Crippen molar-refractivity contribution in [1.29, 1.82) is 0 Å². The lowest BCUT2D eigenvalue weighted by Crippen LogP contribution is -2.32. The van der Waals surface area contributed by atoms with Gasteiger partial charge in [-0.05, 0) is 42.7 Å². The second-order valence-corrected chi connectivity index (χ2v) is 7.36. The van der Waals surface area contributed by atoms with Gasteiger partial charge in [-0.3, -0.25) is 24.1 Å². The number of benzene rings is 2. The van der Waals surface area contributed by atoms with E-state index in [1.165, 1.54) is 0 Å². The van der Waals surface area contributed by atoms with Gasteiger partial charge in [0.05, 0.1) is 25.3 Å². The Morgan fingerprint density at radius 1 is 0.939 bits per heavy atom. The van der Waals surface area contributed by atoms with Gasteiger partial charge in [0.2, 0.25) is 0 Å². The molecule has 0 radical (unpaired) electrons. The zero-order valence-electron chi connectivity index (χ0n) is 18.6. The fraction of sp³-hybridized carbons (Fsp3) is 0.333. The summed E-state index contributed by atoms with van der Waals surface area (Å²) in [7, 11) is 3.11. The van der Waals surface area contributed by atoms with Crippen LogP contribution in [0, 0.1) is 0 Å². The first-order valence-corrected chi connectivity index (χ1v) is 10.5. The first-order valence-electron chi connectivity index (χ1n) is 10.5. The maximum absolute atomic E-state index is 12.3. The molecule has 0 unspecified atom stereocenters. The van der Waals surface area contributed by atoms with E-state index in [1.807, 2.05) is 12.1 Å². The first kappa shape index (κ1) is 23.8. The van der Waals surface area contributed by atoms with E-state index < -0.39 is 18.5 Å². The smallest absolute Gasteiger partial charge is 0.306 e. The number of imide groups is 1. The topological polar surface area (TPSA) is 111 Å². The van der Waals surface area contributed by atoms with Gasteiger partial charge in [0.1, 0.15) is 0 Å². The molecule has 2 aromatic rings. The molecule has 0 bridgehead atoms. The molecule has 0 fully saturated rings. The Morgan fingerprint density at radius 2 is 1.61 bits per heavy atom. The van der Waals surface area contributed by atoms with Crippen molar-refractivity contribution in [2.45, 2.75) is 19.3 Å². The second kappa shape index (κ2) is 11.1. The van der Waals surface area contributed by atoms with Crippen LogP contribution in [0.2, 0.25) is 0 Å². The molecule has 33 heavy (non-hydrogen) atoms. The average Bonchev–Trinajstić information content (AvgIpc) is 3.07. The maximum atomic E-state index is 12.3. The highest BCUT2D eigenvalue weighted by atomic mass is 16.5. The predicted octanol–water partition coefficient (Wildman–Crippen LogP) is 1.98. The Morgan fingerprint density at radius 3 is 2.24 bits per heavy atom. The van der Waals surface area contributed by atoms with Gasteiger partial charge in [-0.25, -0.2) is 0 Å². The minimum atomic E-state index is -0.568. The lowest BCUT2D eigenvalue weighted by molar-refractivity contribution is -0.148. The fourth-order valence-corrected chi connectivity index (χ4v) is 3.48. The molecule has 9 heteroatoms. The van der Waals surface area contributed by atoms with Crippen LogP contribution in [0.15, 0.2) is 42.5 Å². The number of methoxy groups -OCH3 is 2. The van der Waals surface area contributed by atoms with E-state index >= 15 is 0 Å². The number of carbonyl (C=O) groups is 4. The highest BCUT2D eigenvalue weighted by molar-refractivity contribution is 6.21.